The minimum atomic E-state index is -1.86. The summed E-state index contributed by atoms with van der Waals surface area (Å²) < 4.78 is 6.77. The van der Waals surface area contributed by atoms with Crippen molar-refractivity contribution >= 4 is 24.2 Å². The lowest BCUT2D eigenvalue weighted by Crippen LogP contribution is -2.49. The molecule has 0 radical (unpaired) electrons. The van der Waals surface area contributed by atoms with Crippen molar-refractivity contribution < 1.29 is 9.53 Å². The van der Waals surface area contributed by atoms with Gasteiger partial charge in [0.05, 0.1) is 12.2 Å². The standard InChI is InChI=1S/C20H41BrO2Si/c1-11-15(3)19(23-24(9,10)20(6,7)8)17(5)18(22)16(4)12-14(2)13-21/h12,15-19,22H,11,13H2,1-10H3/b14-12+/t15-,16-,17-,18+,19-/m1/s1. The van der Waals surface area contributed by atoms with E-state index in [1.165, 1.54) is 5.57 Å². The molecule has 0 heterocycles. The molecule has 0 unspecified atom stereocenters. The Morgan fingerprint density at radius 2 is 1.71 bits per heavy atom. The molecule has 0 spiro atoms. The van der Waals surface area contributed by atoms with Crippen LogP contribution < -0.4 is 0 Å². The molecule has 4 heteroatoms. The topological polar surface area (TPSA) is 29.5 Å². The fraction of sp³-hybridized carbons (Fsp3) is 0.900. The molecule has 5 atom stereocenters. The maximum atomic E-state index is 10.9. The van der Waals surface area contributed by atoms with Crippen LogP contribution in [0.2, 0.25) is 18.1 Å². The molecule has 1 N–H and O–H groups in total. The quantitative estimate of drug-likeness (QED) is 0.265. The Balaban J connectivity index is 5.39. The van der Waals surface area contributed by atoms with Crippen LogP contribution in [-0.2, 0) is 4.43 Å². The van der Waals surface area contributed by atoms with Crippen LogP contribution in [0.4, 0.5) is 0 Å². The molecule has 0 aromatic carbocycles. The van der Waals surface area contributed by atoms with Crippen LogP contribution in [-0.4, -0.2) is 31.0 Å². The highest BCUT2D eigenvalue weighted by molar-refractivity contribution is 9.09. The predicted octanol–water partition coefficient (Wildman–Crippen LogP) is 6.40. The smallest absolute Gasteiger partial charge is 0.192 e. The molecule has 0 aliphatic carbocycles. The van der Waals surface area contributed by atoms with Crippen molar-refractivity contribution in [2.24, 2.45) is 17.8 Å². The maximum Gasteiger partial charge on any atom is 0.192 e. The molecule has 0 aromatic heterocycles. The van der Waals surface area contributed by atoms with Gasteiger partial charge in [0.1, 0.15) is 0 Å². The number of allylic oxidation sites excluding steroid dienone is 1. The van der Waals surface area contributed by atoms with E-state index >= 15 is 0 Å². The second-order valence-corrected chi connectivity index (χ2v) is 14.4. The lowest BCUT2D eigenvalue weighted by atomic mass is 9.83. The Labute approximate surface area is 160 Å². The first-order valence-corrected chi connectivity index (χ1v) is 13.4. The number of aliphatic hydroxyl groups is 1. The minimum absolute atomic E-state index is 0.103. The van der Waals surface area contributed by atoms with Crippen molar-refractivity contribution in [2.45, 2.75) is 92.2 Å². The second-order valence-electron chi connectivity index (χ2n) is 9.08. The van der Waals surface area contributed by atoms with Gasteiger partial charge in [-0.3, -0.25) is 0 Å². The number of alkyl halides is 1. The van der Waals surface area contributed by atoms with Gasteiger partial charge in [0.15, 0.2) is 8.32 Å². The summed E-state index contributed by atoms with van der Waals surface area (Å²) >= 11 is 3.49. The van der Waals surface area contributed by atoms with Crippen LogP contribution in [0.25, 0.3) is 0 Å². The number of hydrogen-bond donors (Lipinski definition) is 1. The van der Waals surface area contributed by atoms with Crippen LogP contribution >= 0.6 is 15.9 Å². The molecule has 0 aliphatic heterocycles. The van der Waals surface area contributed by atoms with Crippen LogP contribution in [0, 0.1) is 17.8 Å². The first-order chi connectivity index (χ1) is 10.8. The third-order valence-corrected chi connectivity index (χ3v) is 11.2. The van der Waals surface area contributed by atoms with E-state index in [1.54, 1.807) is 0 Å². The van der Waals surface area contributed by atoms with Gasteiger partial charge < -0.3 is 9.53 Å². The van der Waals surface area contributed by atoms with Crippen LogP contribution in [0.5, 0.6) is 0 Å². The molecule has 0 saturated heterocycles. The third-order valence-electron chi connectivity index (χ3n) is 5.80. The predicted molar refractivity (Wildman–Crippen MR) is 113 cm³/mol. The molecule has 0 aliphatic rings. The Kier molecular flexibility index (Phi) is 10.0. The van der Waals surface area contributed by atoms with Gasteiger partial charge in [0, 0.05) is 17.2 Å². The normalized spacial score (nSPS) is 20.4. The summed E-state index contributed by atoms with van der Waals surface area (Å²) in [6.45, 7) is 22.3. The Morgan fingerprint density at radius 3 is 2.08 bits per heavy atom. The monoisotopic (exact) mass is 420 g/mol. The lowest BCUT2D eigenvalue weighted by molar-refractivity contribution is -0.0142. The minimum Gasteiger partial charge on any atom is -0.413 e. The zero-order valence-electron chi connectivity index (χ0n) is 17.6. The van der Waals surface area contributed by atoms with E-state index in [4.69, 9.17) is 4.43 Å². The summed E-state index contributed by atoms with van der Waals surface area (Å²) in [6, 6.07) is 0. The SMILES string of the molecule is CC[C@@H](C)[C@@H](O[Si](C)(C)C(C)(C)C)[C@H](C)[C@@H](O)[C@H](C)/C=C(\C)CBr. The molecule has 0 aromatic rings. The van der Waals surface area contributed by atoms with Crippen molar-refractivity contribution in [3.63, 3.8) is 0 Å². The summed E-state index contributed by atoms with van der Waals surface area (Å²) in [7, 11) is -1.86. The highest BCUT2D eigenvalue weighted by Gasteiger charge is 2.42. The van der Waals surface area contributed by atoms with E-state index in [2.05, 4.69) is 90.5 Å². The summed E-state index contributed by atoms with van der Waals surface area (Å²) in [6.07, 6.45) is 2.96. The van der Waals surface area contributed by atoms with E-state index in [-0.39, 0.29) is 29.1 Å². The van der Waals surface area contributed by atoms with Gasteiger partial charge in [-0.05, 0) is 31.0 Å². The summed E-state index contributed by atoms with van der Waals surface area (Å²) in [4.78, 5) is 0. The third kappa shape index (κ3) is 6.93. The molecule has 144 valence electrons. The first kappa shape index (κ1) is 24.4. The van der Waals surface area contributed by atoms with Crippen molar-refractivity contribution in [2.75, 3.05) is 5.33 Å². The maximum absolute atomic E-state index is 10.9. The molecule has 0 fully saturated rings. The molecular formula is C20H41BrO2Si. The fourth-order valence-corrected chi connectivity index (χ4v) is 4.42. The number of halogens is 1. The van der Waals surface area contributed by atoms with Crippen LogP contribution in [0.15, 0.2) is 11.6 Å². The van der Waals surface area contributed by atoms with Gasteiger partial charge >= 0.3 is 0 Å². The molecule has 0 saturated carbocycles. The Hall–Kier alpha value is 0.357. The highest BCUT2D eigenvalue weighted by Crippen LogP contribution is 2.40. The van der Waals surface area contributed by atoms with Gasteiger partial charge in [-0.2, -0.15) is 0 Å². The molecule has 2 nitrogen and oxygen atoms in total. The average Bonchev–Trinajstić information content (AvgIpc) is 2.48. The van der Waals surface area contributed by atoms with E-state index in [1.807, 2.05) is 0 Å². The fourth-order valence-electron chi connectivity index (χ4n) is 2.76. The van der Waals surface area contributed by atoms with E-state index in [0.717, 1.165) is 11.8 Å². The Bertz CT molecular complexity index is 401. The summed E-state index contributed by atoms with van der Waals surface area (Å²) in [5, 5.41) is 12.0. The average molecular weight is 422 g/mol. The summed E-state index contributed by atoms with van der Waals surface area (Å²) in [5.41, 5.74) is 1.26. The van der Waals surface area contributed by atoms with Crippen molar-refractivity contribution in [3.8, 4) is 0 Å². The van der Waals surface area contributed by atoms with Crippen molar-refractivity contribution in [1.82, 2.24) is 0 Å². The van der Waals surface area contributed by atoms with Gasteiger partial charge in [0.25, 0.3) is 0 Å². The van der Waals surface area contributed by atoms with Crippen molar-refractivity contribution in [3.05, 3.63) is 11.6 Å². The van der Waals surface area contributed by atoms with Crippen LogP contribution in [0.3, 0.4) is 0 Å². The first-order valence-electron chi connectivity index (χ1n) is 9.37. The zero-order chi connectivity index (χ0) is 19.3. The van der Waals surface area contributed by atoms with Gasteiger partial charge in [-0.15, -0.1) is 0 Å². The van der Waals surface area contributed by atoms with E-state index in [0.29, 0.717) is 5.92 Å². The van der Waals surface area contributed by atoms with Gasteiger partial charge in [-0.1, -0.05) is 82.5 Å². The van der Waals surface area contributed by atoms with E-state index < -0.39 is 8.32 Å². The molecule has 0 rings (SSSR count). The largest absolute Gasteiger partial charge is 0.413 e. The van der Waals surface area contributed by atoms with Crippen LogP contribution in [0.1, 0.15) is 61.8 Å². The molecule has 0 amide bonds. The molecule has 0 bridgehead atoms. The highest BCUT2D eigenvalue weighted by atomic mass is 79.9. The lowest BCUT2D eigenvalue weighted by Gasteiger charge is -2.44. The van der Waals surface area contributed by atoms with Gasteiger partial charge in [-0.25, -0.2) is 0 Å². The molecule has 24 heavy (non-hydrogen) atoms. The van der Waals surface area contributed by atoms with Gasteiger partial charge in [0.2, 0.25) is 0 Å². The summed E-state index contributed by atoms with van der Waals surface area (Å²) in [5.74, 6) is 0.688. The van der Waals surface area contributed by atoms with Crippen molar-refractivity contribution in [1.29, 1.82) is 0 Å². The van der Waals surface area contributed by atoms with E-state index in [9.17, 15) is 5.11 Å². The Morgan fingerprint density at radius 1 is 1.21 bits per heavy atom. The number of hydrogen-bond acceptors (Lipinski definition) is 2. The number of rotatable bonds is 9. The number of aliphatic hydroxyl groups excluding tert-OH is 1. The molecular weight excluding hydrogens is 380 g/mol. The zero-order valence-corrected chi connectivity index (χ0v) is 20.2. The second kappa shape index (κ2) is 9.89.